The van der Waals surface area contributed by atoms with Gasteiger partial charge in [0.05, 0.1) is 4.90 Å². The number of nitrogens with zero attached hydrogens (tertiary/aromatic N) is 1. The maximum absolute atomic E-state index is 13.3. The lowest BCUT2D eigenvalue weighted by atomic mass is 10.1. The number of carbonyl (C=O) groups is 2. The molecule has 2 amide bonds. The molecule has 4 aromatic carbocycles. The molecule has 0 fully saturated rings. The smallest absolute Gasteiger partial charge is 0.261 e. The van der Waals surface area contributed by atoms with Crippen molar-refractivity contribution in [2.45, 2.75) is 31.0 Å². The van der Waals surface area contributed by atoms with Gasteiger partial charge in [0, 0.05) is 28.8 Å². The summed E-state index contributed by atoms with van der Waals surface area (Å²) in [6, 6.07) is 23.5. The Morgan fingerprint density at radius 3 is 1.98 bits per heavy atom. The molecule has 0 bridgehead atoms. The second kappa shape index (κ2) is 14.4. The van der Waals surface area contributed by atoms with Crippen molar-refractivity contribution in [1.29, 1.82) is 0 Å². The first-order valence-electron chi connectivity index (χ1n) is 13.1. The zero-order chi connectivity index (χ0) is 31.0. The number of ether oxygens (including phenoxy) is 1. The molecule has 8 nitrogen and oxygen atoms in total. The minimum atomic E-state index is -3.94. The van der Waals surface area contributed by atoms with E-state index in [4.69, 9.17) is 27.9 Å². The van der Waals surface area contributed by atoms with Gasteiger partial charge in [-0.15, -0.1) is 0 Å². The normalized spacial score (nSPS) is 11.8. The first kappa shape index (κ1) is 31.8. The van der Waals surface area contributed by atoms with E-state index >= 15 is 0 Å². The lowest BCUT2D eigenvalue weighted by Gasteiger charge is -2.29. The summed E-state index contributed by atoms with van der Waals surface area (Å²) in [6.07, 6.45) is 0. The number of hydrogen-bond acceptors (Lipinski definition) is 5. The van der Waals surface area contributed by atoms with Crippen LogP contribution in [0, 0.1) is 5.82 Å². The lowest BCUT2D eigenvalue weighted by molar-refractivity contribution is -0.142. The van der Waals surface area contributed by atoms with Crippen LogP contribution in [0.15, 0.2) is 102 Å². The van der Waals surface area contributed by atoms with E-state index in [9.17, 15) is 22.4 Å². The van der Waals surface area contributed by atoms with E-state index in [0.717, 1.165) is 23.3 Å². The van der Waals surface area contributed by atoms with Gasteiger partial charge in [0.1, 0.15) is 17.6 Å². The van der Waals surface area contributed by atoms with Gasteiger partial charge in [-0.05, 0) is 90.8 Å². The highest BCUT2D eigenvalue weighted by Crippen LogP contribution is 2.20. The van der Waals surface area contributed by atoms with E-state index in [0.29, 0.717) is 10.0 Å². The molecule has 1 atom stereocenters. The van der Waals surface area contributed by atoms with E-state index in [2.05, 4.69) is 10.0 Å². The van der Waals surface area contributed by atoms with Gasteiger partial charge in [0.2, 0.25) is 5.91 Å². The molecule has 12 heteroatoms. The number of benzene rings is 4. The van der Waals surface area contributed by atoms with Gasteiger partial charge < -0.3 is 15.0 Å². The van der Waals surface area contributed by atoms with Gasteiger partial charge in [-0.1, -0.05) is 47.5 Å². The van der Waals surface area contributed by atoms with Crippen molar-refractivity contribution in [1.82, 2.24) is 10.2 Å². The second-order valence-electron chi connectivity index (χ2n) is 9.54. The fraction of sp³-hybridized carbons (Fsp3) is 0.161. The Morgan fingerprint density at radius 1 is 0.837 bits per heavy atom. The Morgan fingerprint density at radius 2 is 1.40 bits per heavy atom. The van der Waals surface area contributed by atoms with Gasteiger partial charge >= 0.3 is 0 Å². The fourth-order valence-corrected chi connectivity index (χ4v) is 5.29. The number of rotatable bonds is 12. The number of carbonyl (C=O) groups excluding carboxylic acids is 2. The Balaban J connectivity index is 1.41. The van der Waals surface area contributed by atoms with E-state index in [1.165, 1.54) is 41.3 Å². The predicted octanol–water partition coefficient (Wildman–Crippen LogP) is 6.05. The molecule has 0 saturated carbocycles. The summed E-state index contributed by atoms with van der Waals surface area (Å²) in [5, 5.41) is 3.97. The maximum Gasteiger partial charge on any atom is 0.261 e. The highest BCUT2D eigenvalue weighted by Gasteiger charge is 2.26. The molecule has 0 heterocycles. The quantitative estimate of drug-likeness (QED) is 0.196. The first-order chi connectivity index (χ1) is 20.5. The van der Waals surface area contributed by atoms with Crippen molar-refractivity contribution in [3.8, 4) is 5.75 Å². The third kappa shape index (κ3) is 9.18. The molecule has 0 aliphatic heterocycles. The SMILES string of the molecule is CC(C(=O)NCc1ccc(Cl)cc1)N(Cc1ccc(Cl)cc1)C(=O)COc1ccc(S(=O)(=O)Nc2ccc(F)cc2)cc1. The Kier molecular flexibility index (Phi) is 10.6. The molecule has 0 aliphatic rings. The van der Waals surface area contributed by atoms with Crippen molar-refractivity contribution >= 4 is 50.7 Å². The highest BCUT2D eigenvalue weighted by atomic mass is 35.5. The molecule has 224 valence electrons. The summed E-state index contributed by atoms with van der Waals surface area (Å²) in [6.45, 7) is 1.60. The monoisotopic (exact) mass is 643 g/mol. The highest BCUT2D eigenvalue weighted by molar-refractivity contribution is 7.92. The van der Waals surface area contributed by atoms with Crippen molar-refractivity contribution in [2.24, 2.45) is 0 Å². The summed E-state index contributed by atoms with van der Waals surface area (Å²) in [5.41, 5.74) is 1.82. The first-order valence-corrected chi connectivity index (χ1v) is 15.3. The predicted molar refractivity (Wildman–Crippen MR) is 164 cm³/mol. The van der Waals surface area contributed by atoms with Gasteiger partial charge in [0.15, 0.2) is 6.61 Å². The Bertz CT molecular complexity index is 1650. The number of halogens is 3. The molecule has 0 aromatic heterocycles. The van der Waals surface area contributed by atoms with E-state index < -0.39 is 34.4 Å². The minimum Gasteiger partial charge on any atom is -0.484 e. The molecular formula is C31H28Cl2FN3O5S. The van der Waals surface area contributed by atoms with Crippen LogP contribution in [-0.4, -0.2) is 37.8 Å². The molecule has 1 unspecified atom stereocenters. The van der Waals surface area contributed by atoms with E-state index in [1.54, 1.807) is 55.5 Å². The number of sulfonamides is 1. The van der Waals surface area contributed by atoms with Crippen molar-refractivity contribution in [3.05, 3.63) is 124 Å². The van der Waals surface area contributed by atoms with Crippen LogP contribution in [0.2, 0.25) is 10.0 Å². The molecule has 0 saturated heterocycles. The molecular weight excluding hydrogens is 616 g/mol. The summed E-state index contributed by atoms with van der Waals surface area (Å²) >= 11 is 11.9. The van der Waals surface area contributed by atoms with Crippen molar-refractivity contribution < 1.29 is 27.1 Å². The zero-order valence-corrected chi connectivity index (χ0v) is 25.3. The van der Waals surface area contributed by atoms with Gasteiger partial charge in [-0.2, -0.15) is 0 Å². The molecule has 0 spiro atoms. The van der Waals surface area contributed by atoms with Crippen molar-refractivity contribution in [2.75, 3.05) is 11.3 Å². The molecule has 43 heavy (non-hydrogen) atoms. The van der Waals surface area contributed by atoms with Gasteiger partial charge in [-0.25, -0.2) is 12.8 Å². The van der Waals surface area contributed by atoms with Crippen molar-refractivity contribution in [3.63, 3.8) is 0 Å². The van der Waals surface area contributed by atoms with Gasteiger partial charge in [-0.3, -0.25) is 14.3 Å². The molecule has 2 N–H and O–H groups in total. The molecule has 0 aliphatic carbocycles. The number of anilines is 1. The topological polar surface area (TPSA) is 105 Å². The Hall–Kier alpha value is -4.12. The Labute approximate surface area is 259 Å². The van der Waals surface area contributed by atoms with Gasteiger partial charge in [0.25, 0.3) is 15.9 Å². The van der Waals surface area contributed by atoms with Crippen LogP contribution < -0.4 is 14.8 Å². The molecule has 4 rings (SSSR count). The molecule has 0 radical (unpaired) electrons. The average molecular weight is 645 g/mol. The maximum atomic E-state index is 13.3. The minimum absolute atomic E-state index is 0.0501. The fourth-order valence-electron chi connectivity index (χ4n) is 3.98. The van der Waals surface area contributed by atoms with E-state index in [1.807, 2.05) is 0 Å². The molecule has 4 aromatic rings. The van der Waals surface area contributed by atoms with Crippen LogP contribution >= 0.6 is 23.2 Å². The van der Waals surface area contributed by atoms with E-state index in [-0.39, 0.29) is 35.3 Å². The van der Waals surface area contributed by atoms with Crippen LogP contribution in [0.1, 0.15) is 18.1 Å². The average Bonchev–Trinajstić information content (AvgIpc) is 3.00. The largest absolute Gasteiger partial charge is 0.484 e. The third-order valence-corrected chi connectivity index (χ3v) is 8.31. The van der Waals surface area contributed by atoms with Crippen LogP contribution in [-0.2, 0) is 32.7 Å². The van der Waals surface area contributed by atoms with Crippen LogP contribution in [0.25, 0.3) is 0 Å². The third-order valence-electron chi connectivity index (χ3n) is 6.41. The lowest BCUT2D eigenvalue weighted by Crippen LogP contribution is -2.48. The summed E-state index contributed by atoms with van der Waals surface area (Å²) in [5.74, 6) is -1.06. The standard InChI is InChI=1S/C31H28Cl2FN3O5S/c1-21(31(39)35-18-22-2-6-24(32)7-3-22)37(19-23-4-8-25(33)9-5-23)30(38)20-42-28-14-16-29(17-15-28)43(40,41)36-27-12-10-26(34)11-13-27/h2-17,21,36H,18-20H2,1H3,(H,35,39). The number of nitrogens with one attached hydrogen (secondary N) is 2. The summed E-state index contributed by atoms with van der Waals surface area (Å²) in [4.78, 5) is 27.7. The van der Waals surface area contributed by atoms with Crippen LogP contribution in [0.5, 0.6) is 5.75 Å². The van der Waals surface area contributed by atoms with Crippen LogP contribution in [0.4, 0.5) is 10.1 Å². The second-order valence-corrected chi connectivity index (χ2v) is 12.1. The zero-order valence-electron chi connectivity index (χ0n) is 23.0. The summed E-state index contributed by atoms with van der Waals surface area (Å²) < 4.78 is 46.5. The van der Waals surface area contributed by atoms with Crippen LogP contribution in [0.3, 0.4) is 0 Å². The number of amides is 2. The summed E-state index contributed by atoms with van der Waals surface area (Å²) in [7, 11) is -3.94. The number of hydrogen-bond donors (Lipinski definition) is 2.